The zero-order valence-electron chi connectivity index (χ0n) is 29.9. The van der Waals surface area contributed by atoms with Gasteiger partial charge in [-0.05, 0) is 78.4 Å². The van der Waals surface area contributed by atoms with Gasteiger partial charge in [-0.2, -0.15) is 0 Å². The third kappa shape index (κ3) is 7.02. The molecule has 2 aliphatic carbocycles. The minimum Gasteiger partial charge on any atom is -0.496 e. The Bertz CT molecular complexity index is 1810. The van der Waals surface area contributed by atoms with E-state index in [2.05, 4.69) is 10.0 Å². The lowest BCUT2D eigenvalue weighted by Gasteiger charge is -2.28. The number of aryl methyl sites for hydroxylation is 1. The van der Waals surface area contributed by atoms with E-state index >= 15 is 0 Å². The van der Waals surface area contributed by atoms with Gasteiger partial charge in [0.15, 0.2) is 0 Å². The zero-order chi connectivity index (χ0) is 36.0. The summed E-state index contributed by atoms with van der Waals surface area (Å²) < 4.78 is 45.6. The van der Waals surface area contributed by atoms with Gasteiger partial charge < -0.3 is 24.4 Å². The number of benzene rings is 1. The van der Waals surface area contributed by atoms with E-state index in [4.69, 9.17) is 19.2 Å². The van der Waals surface area contributed by atoms with E-state index in [1.165, 1.54) is 0 Å². The van der Waals surface area contributed by atoms with Crippen molar-refractivity contribution in [3.8, 4) is 17.4 Å². The Morgan fingerprint density at radius 3 is 2.60 bits per heavy atom. The number of pyridine rings is 1. The van der Waals surface area contributed by atoms with Crippen molar-refractivity contribution < 1.29 is 37.0 Å². The Hall–Kier alpha value is -3.87. The molecule has 2 aromatic rings. The van der Waals surface area contributed by atoms with Gasteiger partial charge in [-0.3, -0.25) is 19.1 Å². The highest BCUT2D eigenvalue weighted by Gasteiger charge is 2.63. The lowest BCUT2D eigenvalue weighted by Crippen LogP contribution is -2.57. The summed E-state index contributed by atoms with van der Waals surface area (Å²) in [5, 5.41) is 3.68. The summed E-state index contributed by atoms with van der Waals surface area (Å²) in [6.45, 7) is 9.40. The molecule has 5 atom stereocenters. The molecule has 3 fully saturated rings. The summed E-state index contributed by atoms with van der Waals surface area (Å²) in [6.07, 6.45) is 8.87. The van der Waals surface area contributed by atoms with E-state index < -0.39 is 44.3 Å². The number of carbonyl (C=O) groups is 3. The number of hydrogen-bond donors (Lipinski definition) is 2. The number of nitrogens with one attached hydrogen (secondary N) is 2. The predicted octanol–water partition coefficient (Wildman–Crippen LogP) is 4.72. The van der Waals surface area contributed by atoms with E-state index in [1.54, 1.807) is 25.0 Å². The highest BCUT2D eigenvalue weighted by Crippen LogP contribution is 2.47. The molecule has 12 nitrogen and oxygen atoms in total. The molecule has 3 heterocycles. The quantitative estimate of drug-likeness (QED) is 0.371. The number of ether oxygens (including phenoxy) is 3. The Labute approximate surface area is 294 Å². The number of allylic oxidation sites excluding steroid dienone is 1. The number of hydrogen-bond acceptors (Lipinski definition) is 9. The zero-order valence-corrected chi connectivity index (χ0v) is 30.7. The second kappa shape index (κ2) is 13.7. The van der Waals surface area contributed by atoms with Crippen LogP contribution in [0, 0.1) is 18.8 Å². The Balaban J connectivity index is 1.31. The minimum atomic E-state index is -3.93. The molecule has 2 saturated carbocycles. The van der Waals surface area contributed by atoms with Crippen LogP contribution in [0.3, 0.4) is 0 Å². The first-order chi connectivity index (χ1) is 23.7. The van der Waals surface area contributed by atoms with Gasteiger partial charge in [-0.1, -0.05) is 31.9 Å². The van der Waals surface area contributed by atoms with Crippen molar-refractivity contribution in [3.05, 3.63) is 35.9 Å². The number of sulfonamides is 1. The van der Waals surface area contributed by atoms with Crippen molar-refractivity contribution in [2.75, 3.05) is 13.7 Å². The molecule has 6 rings (SSSR count). The maximum absolute atomic E-state index is 14.3. The fourth-order valence-electron chi connectivity index (χ4n) is 7.15. The van der Waals surface area contributed by atoms with Gasteiger partial charge in [0.1, 0.15) is 29.2 Å². The molecule has 0 radical (unpaired) electrons. The molecule has 13 heteroatoms. The van der Waals surface area contributed by atoms with Crippen LogP contribution in [0.25, 0.3) is 10.9 Å². The number of aromatic nitrogens is 1. The highest BCUT2D eigenvalue weighted by molar-refractivity contribution is 7.91. The summed E-state index contributed by atoms with van der Waals surface area (Å²) in [7, 11) is -2.33. The highest BCUT2D eigenvalue weighted by atomic mass is 32.2. The van der Waals surface area contributed by atoms with Crippen molar-refractivity contribution in [3.63, 3.8) is 0 Å². The number of amides is 3. The third-order valence-electron chi connectivity index (χ3n) is 10.7. The lowest BCUT2D eigenvalue weighted by atomic mass is 10.0. The molecular weight excluding hydrogens is 660 g/mol. The minimum absolute atomic E-state index is 0.138. The van der Waals surface area contributed by atoms with Crippen LogP contribution in [0.1, 0.15) is 91.0 Å². The number of methoxy groups -OCH3 is 1. The topological polar surface area (TPSA) is 153 Å². The second-order valence-electron chi connectivity index (χ2n) is 15.0. The molecule has 50 heavy (non-hydrogen) atoms. The molecule has 0 spiro atoms. The predicted molar refractivity (Wildman–Crippen MR) is 188 cm³/mol. The average Bonchev–Trinajstić information content (AvgIpc) is 3.94. The maximum Gasteiger partial charge on any atom is 0.259 e. The molecule has 272 valence electrons. The number of nitrogens with zero attached hydrogens (tertiary/aromatic N) is 2. The molecule has 2 N–H and O–H groups in total. The first-order valence-electron chi connectivity index (χ1n) is 17.9. The fraction of sp³-hybridized carbons (Fsp3) is 0.622. The third-order valence-corrected chi connectivity index (χ3v) is 12.9. The van der Waals surface area contributed by atoms with Crippen LogP contribution < -0.4 is 24.2 Å². The van der Waals surface area contributed by atoms with Gasteiger partial charge >= 0.3 is 0 Å². The summed E-state index contributed by atoms with van der Waals surface area (Å²) in [5.74, 6) is -0.509. The molecule has 1 saturated heterocycles. The first-order valence-corrected chi connectivity index (χ1v) is 19.3. The smallest absolute Gasteiger partial charge is 0.259 e. The molecule has 1 aromatic heterocycles. The van der Waals surface area contributed by atoms with Crippen LogP contribution in [-0.2, 0) is 24.4 Å². The van der Waals surface area contributed by atoms with E-state index in [9.17, 15) is 22.8 Å². The van der Waals surface area contributed by atoms with E-state index in [1.807, 2.05) is 52.0 Å². The molecule has 2 aliphatic heterocycles. The van der Waals surface area contributed by atoms with Gasteiger partial charge in [-0.25, -0.2) is 13.4 Å². The number of fused-ring (bicyclic) bond motifs is 3. The van der Waals surface area contributed by atoms with Crippen LogP contribution in [0.15, 0.2) is 30.4 Å². The van der Waals surface area contributed by atoms with Crippen molar-refractivity contribution in [1.82, 2.24) is 19.9 Å². The molecule has 0 unspecified atom stereocenters. The summed E-state index contributed by atoms with van der Waals surface area (Å²) >= 11 is 0. The summed E-state index contributed by atoms with van der Waals surface area (Å²) in [6, 6.07) is 4.53. The average molecular weight is 711 g/mol. The van der Waals surface area contributed by atoms with Gasteiger partial charge in [0.05, 0.1) is 30.0 Å². The van der Waals surface area contributed by atoms with Crippen molar-refractivity contribution in [2.24, 2.45) is 11.8 Å². The molecule has 1 aromatic carbocycles. The molecule has 0 bridgehead atoms. The van der Waals surface area contributed by atoms with E-state index in [-0.39, 0.29) is 43.2 Å². The maximum atomic E-state index is 14.3. The molecular formula is C37H50N4O8S. The second-order valence-corrected chi connectivity index (χ2v) is 17.2. The normalized spacial score (nSPS) is 28.8. The van der Waals surface area contributed by atoms with Gasteiger partial charge in [-0.15, -0.1) is 0 Å². The summed E-state index contributed by atoms with van der Waals surface area (Å²) in [4.78, 5) is 48.3. The largest absolute Gasteiger partial charge is 0.496 e. The Morgan fingerprint density at radius 1 is 1.14 bits per heavy atom. The first kappa shape index (κ1) is 35.9. The lowest BCUT2D eigenvalue weighted by molar-refractivity contribution is -0.142. The standard InChI is InChI=1S/C37H50N4O8S/c1-22(2)48-31-19-30(27-14-15-29(47-6)24(4)32(27)38-31)49-26-18-28-33(42)39-37(35(44)40-50(45,46)36(5)16-17-36)20-25(37)13-11-9-7-8-10-12-23(3)34(43)41(28)21-26/h11,13-15,19,22-23,25-26,28H,7-10,12,16-18,20-21H2,1-6H3,(H,39,42)(H,40,44)/b13-11-/t23-,25+,26+,28-,37+/m0/s1. The Morgan fingerprint density at radius 2 is 1.90 bits per heavy atom. The van der Waals surface area contributed by atoms with Gasteiger partial charge in [0, 0.05) is 35.3 Å². The monoisotopic (exact) mass is 710 g/mol. The van der Waals surface area contributed by atoms with Crippen molar-refractivity contribution in [2.45, 2.75) is 121 Å². The van der Waals surface area contributed by atoms with Gasteiger partial charge in [0.25, 0.3) is 5.91 Å². The fourth-order valence-corrected chi connectivity index (χ4v) is 8.47. The summed E-state index contributed by atoms with van der Waals surface area (Å²) in [5.41, 5.74) is 0.0520. The SMILES string of the molecule is COc1ccc2c(O[C@@H]3C[C@H]4C(=O)N[C@]5(C(=O)NS(=O)(=O)C6(C)CC6)C[C@H]5/C=C\CCCCC[C@H](C)C(=O)N4C3)cc(OC(C)C)nc2c1C. The van der Waals surface area contributed by atoms with Crippen LogP contribution in [0.4, 0.5) is 0 Å². The van der Waals surface area contributed by atoms with Gasteiger partial charge in [0.2, 0.25) is 27.7 Å². The van der Waals surface area contributed by atoms with Crippen LogP contribution >= 0.6 is 0 Å². The molecule has 3 amide bonds. The molecule has 4 aliphatic rings. The number of rotatable bonds is 8. The van der Waals surface area contributed by atoms with Crippen LogP contribution in [-0.4, -0.2) is 78.2 Å². The number of carbonyl (C=O) groups excluding carboxylic acids is 3. The Kier molecular flexibility index (Phi) is 9.84. The van der Waals surface area contributed by atoms with Crippen LogP contribution in [0.2, 0.25) is 0 Å². The van der Waals surface area contributed by atoms with Crippen molar-refractivity contribution in [1.29, 1.82) is 0 Å². The van der Waals surface area contributed by atoms with E-state index in [0.717, 1.165) is 36.6 Å². The van der Waals surface area contributed by atoms with Crippen LogP contribution in [0.5, 0.6) is 17.4 Å². The van der Waals surface area contributed by atoms with Crippen molar-refractivity contribution >= 4 is 38.6 Å². The van der Waals surface area contributed by atoms with E-state index in [0.29, 0.717) is 42.2 Å².